The second-order valence-electron chi connectivity index (χ2n) is 4.45. The van der Waals surface area contributed by atoms with Crippen LogP contribution in [0.25, 0.3) is 0 Å². The van der Waals surface area contributed by atoms with Gasteiger partial charge in [-0.3, -0.25) is 4.79 Å². The Bertz CT molecular complexity index is 582. The molecule has 5 heteroatoms. The lowest BCUT2D eigenvalue weighted by Crippen LogP contribution is -2.25. The molecule has 0 aliphatic rings. The zero-order valence-corrected chi connectivity index (χ0v) is 11.6. The van der Waals surface area contributed by atoms with Crippen LogP contribution < -0.4 is 10.1 Å². The first-order chi connectivity index (χ1) is 9.67. The van der Waals surface area contributed by atoms with Gasteiger partial charge in [-0.1, -0.05) is 12.1 Å². The SMILES string of the molecule is COc1ccc(CC(=O)NCc2cc(C)ncn2)cc1. The van der Waals surface area contributed by atoms with Gasteiger partial charge >= 0.3 is 0 Å². The lowest BCUT2D eigenvalue weighted by Gasteiger charge is -2.06. The summed E-state index contributed by atoms with van der Waals surface area (Å²) in [5.41, 5.74) is 2.64. The van der Waals surface area contributed by atoms with Crippen LogP contribution in [0.5, 0.6) is 5.75 Å². The maximum atomic E-state index is 11.8. The Hall–Kier alpha value is -2.43. The number of rotatable bonds is 5. The van der Waals surface area contributed by atoms with E-state index in [0.29, 0.717) is 13.0 Å². The number of methoxy groups -OCH3 is 1. The molecule has 2 aromatic rings. The molecule has 0 radical (unpaired) electrons. The second kappa shape index (κ2) is 6.65. The molecule has 0 aliphatic heterocycles. The fourth-order valence-corrected chi connectivity index (χ4v) is 1.79. The van der Waals surface area contributed by atoms with Crippen molar-refractivity contribution < 1.29 is 9.53 Å². The van der Waals surface area contributed by atoms with Gasteiger partial charge in [0.05, 0.1) is 25.8 Å². The Kier molecular flexibility index (Phi) is 4.65. The lowest BCUT2D eigenvalue weighted by molar-refractivity contribution is -0.120. The standard InChI is InChI=1S/C15H17N3O2/c1-11-7-13(18-10-17-11)9-16-15(19)8-12-3-5-14(20-2)6-4-12/h3-7,10H,8-9H2,1-2H3,(H,16,19). The van der Waals surface area contributed by atoms with E-state index >= 15 is 0 Å². The number of ether oxygens (including phenoxy) is 1. The summed E-state index contributed by atoms with van der Waals surface area (Å²) in [7, 11) is 1.62. The summed E-state index contributed by atoms with van der Waals surface area (Å²) < 4.78 is 5.08. The van der Waals surface area contributed by atoms with Crippen molar-refractivity contribution in [2.45, 2.75) is 19.9 Å². The molecule has 0 saturated heterocycles. The Morgan fingerprint density at radius 3 is 2.65 bits per heavy atom. The summed E-state index contributed by atoms with van der Waals surface area (Å²) in [6, 6.07) is 9.31. The quantitative estimate of drug-likeness (QED) is 0.898. The molecule has 0 atom stereocenters. The predicted molar refractivity (Wildman–Crippen MR) is 75.3 cm³/mol. The van der Waals surface area contributed by atoms with Crippen molar-refractivity contribution in [3.05, 3.63) is 53.6 Å². The molecule has 1 aromatic carbocycles. The van der Waals surface area contributed by atoms with Crippen LogP contribution in [0.4, 0.5) is 0 Å². The average molecular weight is 271 g/mol. The van der Waals surface area contributed by atoms with Gasteiger partial charge in [-0.25, -0.2) is 9.97 Å². The van der Waals surface area contributed by atoms with E-state index in [-0.39, 0.29) is 5.91 Å². The van der Waals surface area contributed by atoms with Gasteiger partial charge in [-0.05, 0) is 30.7 Å². The fraction of sp³-hybridized carbons (Fsp3) is 0.267. The maximum Gasteiger partial charge on any atom is 0.224 e. The number of nitrogens with one attached hydrogen (secondary N) is 1. The molecule has 0 unspecified atom stereocenters. The number of aryl methyl sites for hydroxylation is 1. The fourth-order valence-electron chi connectivity index (χ4n) is 1.79. The molecule has 1 aromatic heterocycles. The van der Waals surface area contributed by atoms with E-state index in [2.05, 4.69) is 15.3 Å². The molecule has 20 heavy (non-hydrogen) atoms. The van der Waals surface area contributed by atoms with E-state index in [1.165, 1.54) is 6.33 Å². The van der Waals surface area contributed by atoms with Gasteiger partial charge in [-0.2, -0.15) is 0 Å². The molecule has 0 bridgehead atoms. The lowest BCUT2D eigenvalue weighted by atomic mass is 10.1. The van der Waals surface area contributed by atoms with Gasteiger partial charge in [0.15, 0.2) is 0 Å². The molecule has 0 aliphatic carbocycles. The first-order valence-corrected chi connectivity index (χ1v) is 6.34. The Balaban J connectivity index is 1.85. The number of carbonyl (C=O) groups excluding carboxylic acids is 1. The summed E-state index contributed by atoms with van der Waals surface area (Å²) in [6.45, 7) is 2.31. The molecule has 0 saturated carbocycles. The minimum absolute atomic E-state index is 0.0357. The molecule has 1 N–H and O–H groups in total. The third-order valence-corrected chi connectivity index (χ3v) is 2.85. The van der Waals surface area contributed by atoms with Crippen LogP contribution in [0.3, 0.4) is 0 Å². The van der Waals surface area contributed by atoms with E-state index in [9.17, 15) is 4.79 Å². The summed E-state index contributed by atoms with van der Waals surface area (Å²) in [5.74, 6) is 0.747. The van der Waals surface area contributed by atoms with E-state index in [1.54, 1.807) is 7.11 Å². The number of amides is 1. The number of benzene rings is 1. The van der Waals surface area contributed by atoms with Crippen LogP contribution in [0, 0.1) is 6.92 Å². The molecule has 5 nitrogen and oxygen atoms in total. The number of aromatic nitrogens is 2. The summed E-state index contributed by atoms with van der Waals surface area (Å²) in [4.78, 5) is 20.0. The second-order valence-corrected chi connectivity index (χ2v) is 4.45. The van der Waals surface area contributed by atoms with E-state index in [0.717, 1.165) is 22.7 Å². The van der Waals surface area contributed by atoms with Gasteiger partial charge in [0.25, 0.3) is 0 Å². The normalized spacial score (nSPS) is 10.1. The molecule has 1 heterocycles. The monoisotopic (exact) mass is 271 g/mol. The number of hydrogen-bond donors (Lipinski definition) is 1. The summed E-state index contributed by atoms with van der Waals surface area (Å²) in [6.07, 6.45) is 1.84. The zero-order valence-electron chi connectivity index (χ0n) is 11.6. The highest BCUT2D eigenvalue weighted by Crippen LogP contribution is 2.11. The first-order valence-electron chi connectivity index (χ1n) is 6.34. The topological polar surface area (TPSA) is 64.1 Å². The third kappa shape index (κ3) is 4.05. The van der Waals surface area contributed by atoms with Crippen molar-refractivity contribution in [2.75, 3.05) is 7.11 Å². The number of hydrogen-bond acceptors (Lipinski definition) is 4. The van der Waals surface area contributed by atoms with E-state index < -0.39 is 0 Å². The first kappa shape index (κ1) is 14.0. The maximum absolute atomic E-state index is 11.8. The van der Waals surface area contributed by atoms with Crippen molar-refractivity contribution in [1.82, 2.24) is 15.3 Å². The van der Waals surface area contributed by atoms with Crippen LogP contribution in [0.2, 0.25) is 0 Å². The average Bonchev–Trinajstić information content (AvgIpc) is 2.46. The predicted octanol–water partition coefficient (Wildman–Crippen LogP) is 1.65. The van der Waals surface area contributed by atoms with E-state index in [1.807, 2.05) is 37.3 Å². The van der Waals surface area contributed by atoms with Crippen LogP contribution in [0.15, 0.2) is 36.7 Å². The molecule has 0 spiro atoms. The van der Waals surface area contributed by atoms with Crippen LogP contribution in [0.1, 0.15) is 17.0 Å². The molecular formula is C15H17N3O2. The summed E-state index contributed by atoms with van der Waals surface area (Å²) >= 11 is 0. The van der Waals surface area contributed by atoms with Crippen molar-refractivity contribution in [1.29, 1.82) is 0 Å². The Morgan fingerprint density at radius 2 is 2.00 bits per heavy atom. The van der Waals surface area contributed by atoms with Gasteiger partial charge < -0.3 is 10.1 Å². The minimum Gasteiger partial charge on any atom is -0.497 e. The highest BCUT2D eigenvalue weighted by Gasteiger charge is 2.04. The van der Waals surface area contributed by atoms with Crippen LogP contribution >= 0.6 is 0 Å². The van der Waals surface area contributed by atoms with Crippen molar-refractivity contribution in [3.8, 4) is 5.75 Å². The van der Waals surface area contributed by atoms with Crippen molar-refractivity contribution in [3.63, 3.8) is 0 Å². The molecular weight excluding hydrogens is 254 g/mol. The zero-order chi connectivity index (χ0) is 14.4. The third-order valence-electron chi connectivity index (χ3n) is 2.85. The largest absolute Gasteiger partial charge is 0.497 e. The van der Waals surface area contributed by atoms with Gasteiger partial charge in [0.2, 0.25) is 5.91 Å². The smallest absolute Gasteiger partial charge is 0.224 e. The molecule has 0 fully saturated rings. The molecule has 1 amide bonds. The van der Waals surface area contributed by atoms with Crippen molar-refractivity contribution in [2.24, 2.45) is 0 Å². The minimum atomic E-state index is -0.0357. The highest BCUT2D eigenvalue weighted by atomic mass is 16.5. The highest BCUT2D eigenvalue weighted by molar-refractivity contribution is 5.78. The van der Waals surface area contributed by atoms with E-state index in [4.69, 9.17) is 4.74 Å². The van der Waals surface area contributed by atoms with Gasteiger partial charge in [-0.15, -0.1) is 0 Å². The van der Waals surface area contributed by atoms with Gasteiger partial charge in [0, 0.05) is 5.69 Å². The summed E-state index contributed by atoms with van der Waals surface area (Å²) in [5, 5.41) is 2.84. The molecule has 104 valence electrons. The van der Waals surface area contributed by atoms with Crippen LogP contribution in [-0.2, 0) is 17.8 Å². The van der Waals surface area contributed by atoms with Crippen molar-refractivity contribution >= 4 is 5.91 Å². The molecule has 2 rings (SSSR count). The van der Waals surface area contributed by atoms with Gasteiger partial charge in [0.1, 0.15) is 12.1 Å². The number of nitrogens with zero attached hydrogens (tertiary/aromatic N) is 2. The Morgan fingerprint density at radius 1 is 1.25 bits per heavy atom. The van der Waals surface area contributed by atoms with Crippen LogP contribution in [-0.4, -0.2) is 23.0 Å². The number of carbonyl (C=O) groups is 1. The Labute approximate surface area is 118 Å².